The molecule has 37 heavy (non-hydrogen) atoms. The first kappa shape index (κ1) is 24.6. The molecular formula is C25H21ClFN5O5. The van der Waals surface area contributed by atoms with Crippen molar-refractivity contribution in [3.8, 4) is 0 Å². The maximum Gasteiger partial charge on any atom is 0.338 e. The van der Waals surface area contributed by atoms with Crippen LogP contribution in [0.25, 0.3) is 11.2 Å². The lowest BCUT2D eigenvalue weighted by atomic mass is 10.1. The van der Waals surface area contributed by atoms with Gasteiger partial charge in [-0.2, -0.15) is 9.97 Å². The SMILES string of the molecule is CNc1nc(Cl)nc2c1ncn2[C@@H]1O[C@H](COC(=O)c2ccccc2)[C@@H](F)[C@H]1OC(=O)c1ccccc1. The van der Waals surface area contributed by atoms with Gasteiger partial charge in [0.05, 0.1) is 17.5 Å². The first-order valence-electron chi connectivity index (χ1n) is 11.3. The number of hydrogen-bond donors (Lipinski definition) is 1. The van der Waals surface area contributed by atoms with Crippen molar-refractivity contribution >= 4 is 40.5 Å². The van der Waals surface area contributed by atoms with Crippen LogP contribution in [-0.2, 0) is 14.2 Å². The number of carbonyl (C=O) groups is 2. The number of fused-ring (bicyclic) bond motifs is 1. The summed E-state index contributed by atoms with van der Waals surface area (Å²) in [5.41, 5.74) is 1.15. The van der Waals surface area contributed by atoms with Crippen molar-refractivity contribution in [3.63, 3.8) is 0 Å². The monoisotopic (exact) mass is 525 g/mol. The van der Waals surface area contributed by atoms with E-state index in [-0.39, 0.29) is 16.5 Å². The third kappa shape index (κ3) is 4.95. The van der Waals surface area contributed by atoms with Gasteiger partial charge in [0.25, 0.3) is 0 Å². The molecular weight excluding hydrogens is 505 g/mol. The summed E-state index contributed by atoms with van der Waals surface area (Å²) >= 11 is 6.08. The second-order valence-corrected chi connectivity index (χ2v) is 8.46. The van der Waals surface area contributed by atoms with Crippen molar-refractivity contribution in [3.05, 3.63) is 83.4 Å². The van der Waals surface area contributed by atoms with E-state index >= 15 is 4.39 Å². The number of esters is 2. The van der Waals surface area contributed by atoms with Crippen molar-refractivity contribution in [2.75, 3.05) is 19.0 Å². The van der Waals surface area contributed by atoms with Gasteiger partial charge >= 0.3 is 11.9 Å². The van der Waals surface area contributed by atoms with E-state index in [1.165, 1.54) is 10.9 Å². The lowest BCUT2D eigenvalue weighted by Crippen LogP contribution is -2.35. The van der Waals surface area contributed by atoms with E-state index in [1.54, 1.807) is 67.7 Å². The number of hydrogen-bond acceptors (Lipinski definition) is 9. The lowest BCUT2D eigenvalue weighted by molar-refractivity contribution is -0.0596. The zero-order valence-corrected chi connectivity index (χ0v) is 20.2. The van der Waals surface area contributed by atoms with Gasteiger partial charge in [-0.1, -0.05) is 36.4 Å². The standard InChI is InChI=1S/C25H21ClFN5O5/c1-28-20-18-21(31-25(26)30-20)32(13-29-18)22-19(37-24(34)15-10-6-3-7-11-15)17(27)16(36-22)12-35-23(33)14-8-4-2-5-9-14/h2-11,13,16-17,19,22H,12H2,1H3,(H,28,30,31)/t16-,17-,19-,22-/m1/s1. The average molecular weight is 526 g/mol. The van der Waals surface area contributed by atoms with E-state index in [9.17, 15) is 9.59 Å². The molecule has 2 aromatic heterocycles. The van der Waals surface area contributed by atoms with Gasteiger partial charge in [0, 0.05) is 7.05 Å². The fourth-order valence-corrected chi connectivity index (χ4v) is 4.18. The highest BCUT2D eigenvalue weighted by Crippen LogP contribution is 2.37. The normalized spacial score (nSPS) is 21.1. The largest absolute Gasteiger partial charge is 0.459 e. The summed E-state index contributed by atoms with van der Waals surface area (Å²) in [6, 6.07) is 16.5. The molecule has 1 aliphatic rings. The number of nitrogens with one attached hydrogen (secondary N) is 1. The summed E-state index contributed by atoms with van der Waals surface area (Å²) < 4.78 is 34.0. The molecule has 0 unspecified atom stereocenters. The number of benzene rings is 2. The summed E-state index contributed by atoms with van der Waals surface area (Å²) in [7, 11) is 1.64. The van der Waals surface area contributed by atoms with E-state index in [1.807, 2.05) is 0 Å². The van der Waals surface area contributed by atoms with Gasteiger partial charge in [0.15, 0.2) is 35.5 Å². The fourth-order valence-electron chi connectivity index (χ4n) is 4.01. The van der Waals surface area contributed by atoms with Crippen LogP contribution in [0.2, 0.25) is 5.28 Å². The zero-order chi connectivity index (χ0) is 25.9. The van der Waals surface area contributed by atoms with Crippen molar-refractivity contribution in [2.24, 2.45) is 0 Å². The van der Waals surface area contributed by atoms with E-state index < -0.39 is 43.2 Å². The van der Waals surface area contributed by atoms with Gasteiger partial charge < -0.3 is 19.5 Å². The molecule has 1 fully saturated rings. The van der Waals surface area contributed by atoms with E-state index in [2.05, 4.69) is 20.3 Å². The number of nitrogens with zero attached hydrogens (tertiary/aromatic N) is 4. The zero-order valence-electron chi connectivity index (χ0n) is 19.5. The first-order valence-corrected chi connectivity index (χ1v) is 11.7. The summed E-state index contributed by atoms with van der Waals surface area (Å²) in [6.45, 7) is -0.408. The Morgan fingerprint density at radius 2 is 1.70 bits per heavy atom. The molecule has 0 amide bonds. The molecule has 1 aliphatic heterocycles. The molecule has 3 heterocycles. The smallest absolute Gasteiger partial charge is 0.338 e. The number of ether oxygens (including phenoxy) is 3. The Kier molecular flexibility index (Phi) is 6.97. The molecule has 190 valence electrons. The Hall–Kier alpha value is -4.09. The molecule has 10 nitrogen and oxygen atoms in total. The van der Waals surface area contributed by atoms with Crippen LogP contribution in [-0.4, -0.2) is 63.5 Å². The maximum absolute atomic E-state index is 15.7. The lowest BCUT2D eigenvalue weighted by Gasteiger charge is -2.21. The molecule has 0 spiro atoms. The quantitative estimate of drug-likeness (QED) is 0.283. The number of anilines is 1. The Morgan fingerprint density at radius 3 is 2.35 bits per heavy atom. The van der Waals surface area contributed by atoms with Gasteiger partial charge in [-0.3, -0.25) is 4.57 Å². The molecule has 0 saturated carbocycles. The van der Waals surface area contributed by atoms with Gasteiger partial charge in [-0.05, 0) is 35.9 Å². The van der Waals surface area contributed by atoms with Crippen LogP contribution in [0, 0.1) is 0 Å². The Balaban J connectivity index is 1.44. The Morgan fingerprint density at radius 1 is 1.05 bits per heavy atom. The number of halogens is 2. The van der Waals surface area contributed by atoms with Crippen LogP contribution in [0.3, 0.4) is 0 Å². The number of rotatable bonds is 7. The van der Waals surface area contributed by atoms with Gasteiger partial charge in [0.1, 0.15) is 12.7 Å². The van der Waals surface area contributed by atoms with Crippen molar-refractivity contribution in [1.29, 1.82) is 0 Å². The van der Waals surface area contributed by atoms with Crippen LogP contribution in [0.15, 0.2) is 67.0 Å². The van der Waals surface area contributed by atoms with Crippen LogP contribution in [0.4, 0.5) is 10.2 Å². The molecule has 2 aromatic carbocycles. The number of alkyl halides is 1. The van der Waals surface area contributed by atoms with Crippen molar-refractivity contribution in [1.82, 2.24) is 19.5 Å². The predicted molar refractivity (Wildman–Crippen MR) is 131 cm³/mol. The molecule has 4 atom stereocenters. The number of aromatic nitrogens is 4. The maximum atomic E-state index is 15.7. The van der Waals surface area contributed by atoms with Gasteiger partial charge in [0.2, 0.25) is 5.28 Å². The average Bonchev–Trinajstić information content (AvgIpc) is 3.48. The van der Waals surface area contributed by atoms with Crippen LogP contribution in [0.1, 0.15) is 26.9 Å². The summed E-state index contributed by atoms with van der Waals surface area (Å²) in [6.07, 6.45) is -4.28. The molecule has 4 aromatic rings. The first-order chi connectivity index (χ1) is 18.0. The van der Waals surface area contributed by atoms with Gasteiger partial charge in [-0.25, -0.2) is 19.0 Å². The topological polar surface area (TPSA) is 117 Å². The fraction of sp³-hybridized carbons (Fsp3) is 0.240. The van der Waals surface area contributed by atoms with Crippen LogP contribution >= 0.6 is 11.6 Å². The van der Waals surface area contributed by atoms with E-state index in [0.29, 0.717) is 16.9 Å². The highest BCUT2D eigenvalue weighted by Gasteiger charge is 2.50. The second kappa shape index (κ2) is 10.5. The molecule has 0 aliphatic carbocycles. The minimum absolute atomic E-state index is 0.0698. The summed E-state index contributed by atoms with van der Waals surface area (Å²) in [5, 5.41) is 2.81. The summed E-state index contributed by atoms with van der Waals surface area (Å²) in [4.78, 5) is 37.8. The van der Waals surface area contributed by atoms with E-state index in [4.69, 9.17) is 25.8 Å². The minimum atomic E-state index is -1.83. The van der Waals surface area contributed by atoms with Crippen LogP contribution in [0.5, 0.6) is 0 Å². The Bertz CT molecular complexity index is 1420. The molecule has 1 saturated heterocycles. The molecule has 0 radical (unpaired) electrons. The highest BCUT2D eigenvalue weighted by atomic mass is 35.5. The third-order valence-electron chi connectivity index (χ3n) is 5.81. The molecule has 12 heteroatoms. The second-order valence-electron chi connectivity index (χ2n) is 8.13. The molecule has 0 bridgehead atoms. The van der Waals surface area contributed by atoms with E-state index in [0.717, 1.165) is 0 Å². The Labute approximate surface area is 215 Å². The minimum Gasteiger partial charge on any atom is -0.459 e. The van der Waals surface area contributed by atoms with Crippen LogP contribution < -0.4 is 5.32 Å². The number of carbonyl (C=O) groups excluding carboxylic acids is 2. The summed E-state index contributed by atoms with van der Waals surface area (Å²) in [5.74, 6) is -1.02. The van der Waals surface area contributed by atoms with Crippen molar-refractivity contribution < 1.29 is 28.2 Å². The molecule has 5 rings (SSSR count). The number of imidazole rings is 1. The molecule has 1 N–H and O–H groups in total. The predicted octanol–water partition coefficient (Wildman–Crippen LogP) is 3.84. The third-order valence-corrected chi connectivity index (χ3v) is 5.98. The van der Waals surface area contributed by atoms with Crippen molar-refractivity contribution in [2.45, 2.75) is 24.6 Å². The highest BCUT2D eigenvalue weighted by molar-refractivity contribution is 6.28. The van der Waals surface area contributed by atoms with Gasteiger partial charge in [-0.15, -0.1) is 0 Å².